The normalized spacial score (nSPS) is 23.6. The SMILES string of the molecule is CCOC1OC(=O)CC1NC(=O)CN1CC(CN2CCOCC2)=CCC(NC(=O)c2nccc3ccccc23)C1=O. The summed E-state index contributed by atoms with van der Waals surface area (Å²) in [4.78, 5) is 60.0. The molecule has 1 aromatic heterocycles. The number of hydrogen-bond donors (Lipinski definition) is 2. The van der Waals surface area contributed by atoms with Gasteiger partial charge in [-0.3, -0.25) is 29.1 Å². The Kier molecular flexibility index (Phi) is 9.22. The Balaban J connectivity index is 1.32. The topological polar surface area (TPSA) is 139 Å². The quantitative estimate of drug-likeness (QED) is 0.331. The van der Waals surface area contributed by atoms with E-state index < -0.39 is 36.2 Å². The Morgan fingerprint density at radius 3 is 2.73 bits per heavy atom. The van der Waals surface area contributed by atoms with Crippen molar-refractivity contribution in [2.45, 2.75) is 38.1 Å². The van der Waals surface area contributed by atoms with E-state index in [0.29, 0.717) is 31.8 Å². The minimum Gasteiger partial charge on any atom is -0.433 e. The first kappa shape index (κ1) is 28.7. The zero-order chi connectivity index (χ0) is 28.8. The number of fused-ring (bicyclic) bond motifs is 1. The molecule has 2 N–H and O–H groups in total. The lowest BCUT2D eigenvalue weighted by Crippen LogP contribution is -2.52. The second-order valence-electron chi connectivity index (χ2n) is 10.3. The van der Waals surface area contributed by atoms with E-state index in [2.05, 4.69) is 20.5 Å². The van der Waals surface area contributed by atoms with Crippen LogP contribution >= 0.6 is 0 Å². The molecular formula is C29H35N5O7. The van der Waals surface area contributed by atoms with E-state index in [1.807, 2.05) is 36.4 Å². The van der Waals surface area contributed by atoms with Crippen LogP contribution in [0.4, 0.5) is 0 Å². The minimum absolute atomic E-state index is 0.0107. The number of amides is 3. The van der Waals surface area contributed by atoms with Gasteiger partial charge in [0.25, 0.3) is 5.91 Å². The van der Waals surface area contributed by atoms with Gasteiger partial charge in [0.1, 0.15) is 17.8 Å². The molecule has 2 aromatic rings. The van der Waals surface area contributed by atoms with Gasteiger partial charge in [-0.25, -0.2) is 0 Å². The van der Waals surface area contributed by atoms with Crippen LogP contribution < -0.4 is 10.6 Å². The molecule has 3 amide bonds. The molecule has 2 saturated heterocycles. The monoisotopic (exact) mass is 565 g/mol. The van der Waals surface area contributed by atoms with Crippen LogP contribution in [0, 0.1) is 0 Å². The van der Waals surface area contributed by atoms with Crippen molar-refractivity contribution in [3.8, 4) is 0 Å². The summed E-state index contributed by atoms with van der Waals surface area (Å²) >= 11 is 0. The number of ether oxygens (including phenoxy) is 3. The number of cyclic esters (lactones) is 1. The zero-order valence-electron chi connectivity index (χ0n) is 23.0. The molecule has 4 heterocycles. The summed E-state index contributed by atoms with van der Waals surface area (Å²) in [5.41, 5.74) is 1.20. The molecular weight excluding hydrogens is 530 g/mol. The van der Waals surface area contributed by atoms with E-state index in [4.69, 9.17) is 14.2 Å². The molecule has 2 fully saturated rings. The molecule has 0 radical (unpaired) electrons. The molecule has 3 aliphatic rings. The van der Waals surface area contributed by atoms with Crippen molar-refractivity contribution in [3.63, 3.8) is 0 Å². The lowest BCUT2D eigenvalue weighted by Gasteiger charge is -2.30. The predicted octanol–water partition coefficient (Wildman–Crippen LogP) is 0.618. The second kappa shape index (κ2) is 13.2. The van der Waals surface area contributed by atoms with Crippen molar-refractivity contribution in [1.82, 2.24) is 25.4 Å². The summed E-state index contributed by atoms with van der Waals surface area (Å²) in [6, 6.07) is 7.72. The van der Waals surface area contributed by atoms with Crippen LogP contribution in [-0.4, -0.2) is 109 Å². The summed E-state index contributed by atoms with van der Waals surface area (Å²) in [5.74, 6) is -1.74. The van der Waals surface area contributed by atoms with Gasteiger partial charge in [-0.1, -0.05) is 30.3 Å². The molecule has 0 aliphatic carbocycles. The van der Waals surface area contributed by atoms with E-state index in [1.165, 1.54) is 4.90 Å². The van der Waals surface area contributed by atoms with Gasteiger partial charge in [0.2, 0.25) is 18.1 Å². The third kappa shape index (κ3) is 7.07. The van der Waals surface area contributed by atoms with Crippen molar-refractivity contribution >= 4 is 34.5 Å². The highest BCUT2D eigenvalue weighted by Crippen LogP contribution is 2.20. The third-order valence-electron chi connectivity index (χ3n) is 7.34. The van der Waals surface area contributed by atoms with Crippen molar-refractivity contribution in [2.24, 2.45) is 0 Å². The molecule has 0 spiro atoms. The van der Waals surface area contributed by atoms with Crippen LogP contribution in [0.25, 0.3) is 10.8 Å². The van der Waals surface area contributed by atoms with Crippen LogP contribution in [-0.2, 0) is 28.6 Å². The number of morpholine rings is 1. The van der Waals surface area contributed by atoms with E-state index in [9.17, 15) is 19.2 Å². The second-order valence-corrected chi connectivity index (χ2v) is 10.3. The van der Waals surface area contributed by atoms with E-state index in [-0.39, 0.29) is 37.5 Å². The third-order valence-corrected chi connectivity index (χ3v) is 7.34. The molecule has 0 bridgehead atoms. The Bertz CT molecular complexity index is 1320. The lowest BCUT2D eigenvalue weighted by atomic mass is 10.1. The smallest absolute Gasteiger partial charge is 0.310 e. The fraction of sp³-hybridized carbons (Fsp3) is 0.483. The summed E-state index contributed by atoms with van der Waals surface area (Å²) in [7, 11) is 0. The maximum Gasteiger partial charge on any atom is 0.310 e. The van der Waals surface area contributed by atoms with Crippen LogP contribution in [0.2, 0.25) is 0 Å². The molecule has 41 heavy (non-hydrogen) atoms. The molecule has 1 aromatic carbocycles. The molecule has 218 valence electrons. The first-order chi connectivity index (χ1) is 19.9. The largest absolute Gasteiger partial charge is 0.433 e. The van der Waals surface area contributed by atoms with Gasteiger partial charge in [0, 0.05) is 44.4 Å². The highest BCUT2D eigenvalue weighted by Gasteiger charge is 2.37. The van der Waals surface area contributed by atoms with Gasteiger partial charge in [-0.15, -0.1) is 0 Å². The number of hydrogen-bond acceptors (Lipinski definition) is 9. The summed E-state index contributed by atoms with van der Waals surface area (Å²) in [5, 5.41) is 7.19. The average molecular weight is 566 g/mol. The standard InChI is InChI=1S/C29H35N5O7/c1-2-40-29-23(15-25(36)41-29)31-24(35)18-34-17-19(16-33-11-13-39-14-12-33)7-8-22(28(34)38)32-27(37)26-21-6-4-3-5-20(21)9-10-30-26/h3-7,9-10,22-23,29H,2,8,11-18H2,1H3,(H,31,35)(H,32,37). The van der Waals surface area contributed by atoms with Gasteiger partial charge < -0.3 is 29.7 Å². The Morgan fingerprint density at radius 1 is 1.12 bits per heavy atom. The van der Waals surface area contributed by atoms with Gasteiger partial charge in [0.15, 0.2) is 0 Å². The highest BCUT2D eigenvalue weighted by molar-refractivity contribution is 6.06. The molecule has 12 heteroatoms. The fourth-order valence-electron chi connectivity index (χ4n) is 5.33. The Labute approximate surface area is 238 Å². The maximum atomic E-state index is 13.7. The van der Waals surface area contributed by atoms with Crippen molar-refractivity contribution in [1.29, 1.82) is 0 Å². The number of carbonyl (C=O) groups excluding carboxylic acids is 4. The van der Waals surface area contributed by atoms with Gasteiger partial charge in [-0.05, 0) is 30.4 Å². The minimum atomic E-state index is -0.883. The van der Waals surface area contributed by atoms with Crippen LogP contribution in [0.5, 0.6) is 0 Å². The van der Waals surface area contributed by atoms with Gasteiger partial charge >= 0.3 is 5.97 Å². The number of carbonyl (C=O) groups is 4. The van der Waals surface area contributed by atoms with Crippen molar-refractivity contribution in [3.05, 3.63) is 53.9 Å². The molecule has 3 unspecified atom stereocenters. The molecule has 0 saturated carbocycles. The number of rotatable bonds is 9. The van der Waals surface area contributed by atoms with E-state index >= 15 is 0 Å². The van der Waals surface area contributed by atoms with E-state index in [1.54, 1.807) is 13.1 Å². The number of pyridine rings is 1. The summed E-state index contributed by atoms with van der Waals surface area (Å²) in [6.45, 7) is 5.51. The molecule has 5 rings (SSSR count). The predicted molar refractivity (Wildman–Crippen MR) is 148 cm³/mol. The van der Waals surface area contributed by atoms with Crippen molar-refractivity contribution < 1.29 is 33.4 Å². The summed E-state index contributed by atoms with van der Waals surface area (Å²) in [6.07, 6.45) is 2.94. The summed E-state index contributed by atoms with van der Waals surface area (Å²) < 4.78 is 16.0. The Morgan fingerprint density at radius 2 is 1.93 bits per heavy atom. The molecule has 3 atom stereocenters. The van der Waals surface area contributed by atoms with E-state index in [0.717, 1.165) is 24.0 Å². The van der Waals surface area contributed by atoms with Gasteiger partial charge in [0.05, 0.1) is 26.2 Å². The fourth-order valence-corrected chi connectivity index (χ4v) is 5.33. The maximum absolute atomic E-state index is 13.7. The first-order valence-electron chi connectivity index (χ1n) is 13.9. The van der Waals surface area contributed by atoms with Crippen molar-refractivity contribution in [2.75, 3.05) is 52.5 Å². The average Bonchev–Trinajstić information content (AvgIpc) is 3.25. The lowest BCUT2D eigenvalue weighted by molar-refractivity contribution is -0.164. The number of nitrogens with zero attached hydrogens (tertiary/aromatic N) is 3. The first-order valence-corrected chi connectivity index (χ1v) is 13.9. The Hall–Kier alpha value is -3.87. The molecule has 12 nitrogen and oxygen atoms in total. The number of aromatic nitrogens is 1. The zero-order valence-corrected chi connectivity index (χ0v) is 23.0. The van der Waals surface area contributed by atoms with Crippen LogP contribution in [0.15, 0.2) is 48.2 Å². The van der Waals surface area contributed by atoms with Crippen LogP contribution in [0.3, 0.4) is 0 Å². The molecule has 3 aliphatic heterocycles. The number of nitrogens with one attached hydrogen (secondary N) is 2. The highest BCUT2D eigenvalue weighted by atomic mass is 16.7. The van der Waals surface area contributed by atoms with Gasteiger partial charge in [-0.2, -0.15) is 0 Å². The van der Waals surface area contributed by atoms with Crippen LogP contribution in [0.1, 0.15) is 30.3 Å². The number of benzene rings is 1. The number of esters is 1.